The molecule has 4 rings (SSSR count). The monoisotopic (exact) mass is 398 g/mol. The topological polar surface area (TPSA) is 69.0 Å². The molecule has 0 atom stereocenters. The summed E-state index contributed by atoms with van der Waals surface area (Å²) in [4.78, 5) is 17.2. The van der Waals surface area contributed by atoms with Gasteiger partial charge >= 0.3 is 0 Å². The number of carbonyl (C=O) groups is 1. The minimum Gasteiger partial charge on any atom is -0.497 e. The Kier molecular flexibility index (Phi) is 5.30. The molecule has 6 nitrogen and oxygen atoms in total. The number of ether oxygens (including phenoxy) is 1. The molecule has 1 N–H and O–H groups in total. The summed E-state index contributed by atoms with van der Waals surface area (Å²) in [6, 6.07) is 19.1. The van der Waals surface area contributed by atoms with Crippen LogP contribution in [0.3, 0.4) is 0 Å². The number of methoxy groups -OCH3 is 1. The third kappa shape index (κ3) is 3.93. The normalized spacial score (nSPS) is 10.6. The summed E-state index contributed by atoms with van der Waals surface area (Å²) in [7, 11) is 1.62. The number of pyridine rings is 1. The highest BCUT2D eigenvalue weighted by Gasteiger charge is 2.18. The first-order chi connectivity index (χ1) is 14.5. The zero-order chi connectivity index (χ0) is 21.1. The van der Waals surface area contributed by atoms with Crippen LogP contribution >= 0.6 is 0 Å². The summed E-state index contributed by atoms with van der Waals surface area (Å²) in [5.74, 6) is 0.489. The molecule has 6 heteroatoms. The molecule has 0 aliphatic carbocycles. The van der Waals surface area contributed by atoms with Crippen molar-refractivity contribution < 1.29 is 9.53 Å². The van der Waals surface area contributed by atoms with Crippen molar-refractivity contribution in [1.82, 2.24) is 14.8 Å². The van der Waals surface area contributed by atoms with Gasteiger partial charge in [0.05, 0.1) is 18.5 Å². The third-order valence-corrected chi connectivity index (χ3v) is 4.86. The predicted octanol–water partition coefficient (Wildman–Crippen LogP) is 4.81. The Labute approximate surface area is 175 Å². The highest BCUT2D eigenvalue weighted by Crippen LogP contribution is 2.25. The number of nitrogens with zero attached hydrogens (tertiary/aromatic N) is 3. The van der Waals surface area contributed by atoms with Gasteiger partial charge in [-0.15, -0.1) is 0 Å². The minimum atomic E-state index is -0.263. The Hall–Kier alpha value is -3.93. The average Bonchev–Trinajstić information content (AvgIpc) is 3.22. The Morgan fingerprint density at radius 2 is 1.83 bits per heavy atom. The van der Waals surface area contributed by atoms with E-state index in [1.165, 1.54) is 0 Å². The quantitative estimate of drug-likeness (QED) is 0.524. The Morgan fingerprint density at radius 3 is 2.53 bits per heavy atom. The summed E-state index contributed by atoms with van der Waals surface area (Å²) in [6.07, 6.45) is 3.47. The van der Waals surface area contributed by atoms with E-state index in [-0.39, 0.29) is 5.91 Å². The van der Waals surface area contributed by atoms with Crippen molar-refractivity contribution in [2.24, 2.45) is 0 Å². The molecule has 0 saturated carbocycles. The smallest absolute Gasteiger partial charge is 0.276 e. The van der Waals surface area contributed by atoms with Gasteiger partial charge in [-0.3, -0.25) is 9.78 Å². The molecule has 0 aliphatic rings. The zero-order valence-corrected chi connectivity index (χ0v) is 17.1. The van der Waals surface area contributed by atoms with Gasteiger partial charge in [-0.2, -0.15) is 5.10 Å². The van der Waals surface area contributed by atoms with Crippen LogP contribution in [0.2, 0.25) is 0 Å². The van der Waals surface area contributed by atoms with Crippen LogP contribution in [-0.2, 0) is 0 Å². The van der Waals surface area contributed by atoms with Crippen molar-refractivity contribution in [3.63, 3.8) is 0 Å². The first kappa shape index (κ1) is 19.4. The van der Waals surface area contributed by atoms with Crippen molar-refractivity contribution in [2.75, 3.05) is 12.4 Å². The number of benzene rings is 2. The van der Waals surface area contributed by atoms with Gasteiger partial charge in [-0.1, -0.05) is 12.1 Å². The average molecular weight is 398 g/mol. The van der Waals surface area contributed by atoms with Crippen LogP contribution in [0.4, 0.5) is 5.69 Å². The second-order valence-corrected chi connectivity index (χ2v) is 7.04. The number of hydrogen-bond acceptors (Lipinski definition) is 4. The number of anilines is 1. The van der Waals surface area contributed by atoms with E-state index >= 15 is 0 Å². The second kappa shape index (κ2) is 8.21. The molecule has 0 aliphatic heterocycles. The van der Waals surface area contributed by atoms with Gasteiger partial charge < -0.3 is 10.1 Å². The number of nitrogens with one attached hydrogen (secondary N) is 1. The van der Waals surface area contributed by atoms with E-state index in [4.69, 9.17) is 4.74 Å². The number of carbonyl (C=O) groups excluding carboxylic acids is 1. The van der Waals surface area contributed by atoms with Gasteiger partial charge in [0.25, 0.3) is 5.91 Å². The van der Waals surface area contributed by atoms with Gasteiger partial charge in [0.2, 0.25) is 0 Å². The summed E-state index contributed by atoms with van der Waals surface area (Å²) in [5.41, 5.74) is 5.64. The van der Waals surface area contributed by atoms with Crippen molar-refractivity contribution >= 4 is 11.6 Å². The van der Waals surface area contributed by atoms with Crippen molar-refractivity contribution in [1.29, 1.82) is 0 Å². The summed E-state index contributed by atoms with van der Waals surface area (Å²) in [6.45, 7) is 3.96. The SMILES string of the molecule is COc1ccc(-n2nc(C(=O)Nc3cc(C)ccc3C)cc2-c2cccnc2)cc1. The molecule has 0 unspecified atom stereocenters. The number of amides is 1. The second-order valence-electron chi connectivity index (χ2n) is 7.04. The summed E-state index contributed by atoms with van der Waals surface area (Å²) >= 11 is 0. The van der Waals surface area contributed by atoms with Crippen LogP contribution < -0.4 is 10.1 Å². The van der Waals surface area contributed by atoms with E-state index in [9.17, 15) is 4.79 Å². The van der Waals surface area contributed by atoms with Gasteiger partial charge in [0, 0.05) is 23.6 Å². The van der Waals surface area contributed by atoms with Crippen LogP contribution in [0.25, 0.3) is 16.9 Å². The lowest BCUT2D eigenvalue weighted by Crippen LogP contribution is -2.14. The first-order valence-electron chi connectivity index (χ1n) is 9.58. The molecule has 0 radical (unpaired) electrons. The largest absolute Gasteiger partial charge is 0.497 e. The van der Waals surface area contributed by atoms with E-state index in [1.807, 2.05) is 68.4 Å². The van der Waals surface area contributed by atoms with Crippen molar-refractivity contribution in [3.05, 3.63) is 89.9 Å². The fraction of sp³-hybridized carbons (Fsp3) is 0.125. The molecule has 2 aromatic heterocycles. The molecule has 0 fully saturated rings. The van der Waals surface area contributed by atoms with Gasteiger partial charge in [-0.25, -0.2) is 4.68 Å². The predicted molar refractivity (Wildman–Crippen MR) is 117 cm³/mol. The standard InChI is InChI=1S/C24H22N4O2/c1-16-6-7-17(2)21(13-16)26-24(29)22-14-23(18-5-4-12-25-15-18)28(27-22)19-8-10-20(30-3)11-9-19/h4-15H,1-3H3,(H,26,29). The minimum absolute atomic E-state index is 0.263. The number of rotatable bonds is 5. The molecule has 150 valence electrons. The number of aryl methyl sites for hydroxylation is 2. The van der Waals surface area contributed by atoms with Crippen LogP contribution in [0.5, 0.6) is 5.75 Å². The summed E-state index contributed by atoms with van der Waals surface area (Å²) in [5, 5.41) is 7.58. The lowest BCUT2D eigenvalue weighted by atomic mass is 10.1. The van der Waals surface area contributed by atoms with Crippen LogP contribution in [0, 0.1) is 13.8 Å². The zero-order valence-electron chi connectivity index (χ0n) is 17.1. The van der Waals surface area contributed by atoms with Gasteiger partial charge in [-0.05, 0) is 73.5 Å². The Morgan fingerprint density at radius 1 is 1.03 bits per heavy atom. The fourth-order valence-corrected chi connectivity index (χ4v) is 3.19. The van der Waals surface area contributed by atoms with Crippen LogP contribution in [0.1, 0.15) is 21.6 Å². The van der Waals surface area contributed by atoms with E-state index in [0.29, 0.717) is 5.69 Å². The molecule has 2 heterocycles. The molecule has 0 bridgehead atoms. The molecule has 2 aromatic carbocycles. The van der Waals surface area contributed by atoms with E-state index < -0.39 is 0 Å². The highest BCUT2D eigenvalue weighted by molar-refractivity contribution is 6.04. The van der Waals surface area contributed by atoms with Gasteiger partial charge in [0.1, 0.15) is 5.75 Å². The van der Waals surface area contributed by atoms with E-state index in [0.717, 1.165) is 39.5 Å². The molecular weight excluding hydrogens is 376 g/mol. The third-order valence-electron chi connectivity index (χ3n) is 4.86. The van der Waals surface area contributed by atoms with Crippen molar-refractivity contribution in [2.45, 2.75) is 13.8 Å². The van der Waals surface area contributed by atoms with Gasteiger partial charge in [0.15, 0.2) is 5.69 Å². The molecular formula is C24H22N4O2. The molecule has 4 aromatic rings. The maximum Gasteiger partial charge on any atom is 0.276 e. The van der Waals surface area contributed by atoms with E-state index in [1.54, 1.807) is 30.3 Å². The summed E-state index contributed by atoms with van der Waals surface area (Å²) < 4.78 is 6.99. The van der Waals surface area contributed by atoms with E-state index in [2.05, 4.69) is 15.4 Å². The molecule has 30 heavy (non-hydrogen) atoms. The maximum atomic E-state index is 13.0. The first-order valence-corrected chi connectivity index (χ1v) is 9.58. The Balaban J connectivity index is 1.74. The maximum absolute atomic E-state index is 13.0. The Bertz CT molecular complexity index is 1180. The van der Waals surface area contributed by atoms with Crippen molar-refractivity contribution in [3.8, 4) is 22.7 Å². The lowest BCUT2D eigenvalue weighted by Gasteiger charge is -2.08. The lowest BCUT2D eigenvalue weighted by molar-refractivity contribution is 0.102. The fourth-order valence-electron chi connectivity index (χ4n) is 3.19. The highest BCUT2D eigenvalue weighted by atomic mass is 16.5. The molecule has 0 spiro atoms. The number of hydrogen-bond donors (Lipinski definition) is 1. The van der Waals surface area contributed by atoms with Crippen LogP contribution in [0.15, 0.2) is 73.1 Å². The molecule has 1 amide bonds. The number of aromatic nitrogens is 3. The van der Waals surface area contributed by atoms with Crippen LogP contribution in [-0.4, -0.2) is 27.8 Å². The molecule has 0 saturated heterocycles.